The van der Waals surface area contributed by atoms with Gasteiger partial charge < -0.3 is 14.8 Å². The molecule has 0 unspecified atom stereocenters. The van der Waals surface area contributed by atoms with E-state index in [9.17, 15) is 22.8 Å². The summed E-state index contributed by atoms with van der Waals surface area (Å²) < 4.78 is 23.3. The van der Waals surface area contributed by atoms with Crippen LogP contribution in [-0.4, -0.2) is 78.5 Å². The van der Waals surface area contributed by atoms with Gasteiger partial charge in [0, 0.05) is 43.9 Å². The predicted molar refractivity (Wildman–Crippen MR) is 111 cm³/mol. The number of H-pyrrole nitrogens is 1. The van der Waals surface area contributed by atoms with Crippen LogP contribution >= 0.6 is 0 Å². The van der Waals surface area contributed by atoms with Gasteiger partial charge in [-0.25, -0.2) is 8.42 Å². The Kier molecular flexibility index (Phi) is 5.07. The third-order valence-corrected chi connectivity index (χ3v) is 8.34. The number of Topliss-reactive ketones (excluding diaryl/α,β-unsaturated/α-hetero) is 1. The molecule has 8 nitrogen and oxygen atoms in total. The van der Waals surface area contributed by atoms with Gasteiger partial charge in [0.15, 0.2) is 15.6 Å². The van der Waals surface area contributed by atoms with Gasteiger partial charge in [-0.15, -0.1) is 0 Å². The molecule has 4 rings (SSSR count). The molecule has 0 radical (unpaired) electrons. The minimum absolute atomic E-state index is 0.0669. The van der Waals surface area contributed by atoms with Gasteiger partial charge in [-0.05, 0) is 30.7 Å². The van der Waals surface area contributed by atoms with Crippen molar-refractivity contribution in [3.8, 4) is 0 Å². The molecule has 1 aliphatic carbocycles. The molecule has 1 atom stereocenters. The van der Waals surface area contributed by atoms with Gasteiger partial charge in [0.1, 0.15) is 5.69 Å². The first-order chi connectivity index (χ1) is 14.0. The van der Waals surface area contributed by atoms with E-state index in [1.54, 1.807) is 9.80 Å². The number of nitrogens with one attached hydrogen (secondary N) is 1. The number of hydrogen-bond donors (Lipinski definition) is 1. The van der Waals surface area contributed by atoms with Crippen LogP contribution in [0.5, 0.6) is 0 Å². The highest BCUT2D eigenvalue weighted by Crippen LogP contribution is 2.37. The minimum atomic E-state index is -3.10. The van der Waals surface area contributed by atoms with Crippen LogP contribution in [0.1, 0.15) is 58.8 Å². The molecule has 9 heteroatoms. The van der Waals surface area contributed by atoms with E-state index in [-0.39, 0.29) is 34.5 Å². The summed E-state index contributed by atoms with van der Waals surface area (Å²) in [6, 6.07) is 0. The number of hydrogen-bond acceptors (Lipinski definition) is 5. The Hall–Kier alpha value is -2.16. The smallest absolute Gasteiger partial charge is 0.270 e. The number of carbonyl (C=O) groups excluding carboxylic acids is 3. The molecule has 0 spiro atoms. The molecule has 3 aliphatic rings. The number of nitrogens with zero attached hydrogens (tertiary/aromatic N) is 2. The zero-order valence-corrected chi connectivity index (χ0v) is 18.6. The molecule has 2 saturated heterocycles. The molecule has 0 saturated carbocycles. The van der Waals surface area contributed by atoms with Crippen LogP contribution < -0.4 is 0 Å². The summed E-state index contributed by atoms with van der Waals surface area (Å²) in [4.78, 5) is 44.9. The average Bonchev–Trinajstić information content (AvgIpc) is 3.19. The Balaban J connectivity index is 1.43. The second-order valence-electron chi connectivity index (χ2n) is 9.64. The van der Waals surface area contributed by atoms with Gasteiger partial charge in [-0.1, -0.05) is 13.8 Å². The fraction of sp³-hybridized carbons (Fsp3) is 0.667. The summed E-state index contributed by atoms with van der Waals surface area (Å²) in [6.45, 7) is 7.51. The van der Waals surface area contributed by atoms with Crippen LogP contribution in [-0.2, 0) is 21.1 Å². The maximum absolute atomic E-state index is 13.1. The number of sulfone groups is 1. The number of fused-ring (bicyclic) bond motifs is 1. The van der Waals surface area contributed by atoms with Crippen LogP contribution in [0.4, 0.5) is 0 Å². The summed E-state index contributed by atoms with van der Waals surface area (Å²) in [5, 5.41) is 0. The molecular weight excluding hydrogens is 406 g/mol. The predicted octanol–water partition coefficient (Wildman–Crippen LogP) is 1.20. The summed E-state index contributed by atoms with van der Waals surface area (Å²) in [6.07, 6.45) is 1.59. The maximum atomic E-state index is 13.1. The fourth-order valence-corrected chi connectivity index (χ4v) is 6.72. The number of aromatic nitrogens is 1. The van der Waals surface area contributed by atoms with Crippen LogP contribution in [0.3, 0.4) is 0 Å². The number of piperazine rings is 1. The third-order valence-electron chi connectivity index (χ3n) is 6.58. The number of rotatable bonds is 2. The lowest BCUT2D eigenvalue weighted by atomic mass is 9.75. The Morgan fingerprint density at radius 2 is 1.70 bits per heavy atom. The average molecular weight is 436 g/mol. The lowest BCUT2D eigenvalue weighted by Gasteiger charge is -2.35. The van der Waals surface area contributed by atoms with E-state index in [4.69, 9.17) is 0 Å². The van der Waals surface area contributed by atoms with Gasteiger partial charge in [-0.3, -0.25) is 14.4 Å². The van der Waals surface area contributed by atoms with Crippen LogP contribution in [0.25, 0.3) is 0 Å². The first kappa shape index (κ1) is 21.1. The highest BCUT2D eigenvalue weighted by Gasteiger charge is 2.38. The second-order valence-corrected chi connectivity index (χ2v) is 11.9. The highest BCUT2D eigenvalue weighted by atomic mass is 32.2. The van der Waals surface area contributed by atoms with Crippen LogP contribution in [0, 0.1) is 18.3 Å². The molecule has 164 valence electrons. The number of aromatic amines is 1. The van der Waals surface area contributed by atoms with Crippen molar-refractivity contribution in [2.45, 2.75) is 40.0 Å². The Bertz CT molecular complexity index is 1020. The van der Waals surface area contributed by atoms with Crippen molar-refractivity contribution in [1.29, 1.82) is 0 Å². The van der Waals surface area contributed by atoms with Crippen molar-refractivity contribution in [2.24, 2.45) is 11.3 Å². The van der Waals surface area contributed by atoms with Gasteiger partial charge in [0.05, 0.1) is 17.4 Å². The molecule has 1 aromatic rings. The maximum Gasteiger partial charge on any atom is 0.270 e. The van der Waals surface area contributed by atoms with Crippen molar-refractivity contribution in [2.75, 3.05) is 37.7 Å². The lowest BCUT2D eigenvalue weighted by Crippen LogP contribution is -2.52. The van der Waals surface area contributed by atoms with Crippen molar-refractivity contribution in [3.05, 3.63) is 22.5 Å². The van der Waals surface area contributed by atoms with E-state index in [0.29, 0.717) is 55.8 Å². The minimum Gasteiger partial charge on any atom is -0.354 e. The second kappa shape index (κ2) is 7.21. The number of amides is 2. The van der Waals surface area contributed by atoms with Crippen molar-refractivity contribution in [3.63, 3.8) is 0 Å². The van der Waals surface area contributed by atoms with Gasteiger partial charge in [0.25, 0.3) is 5.91 Å². The molecule has 30 heavy (non-hydrogen) atoms. The summed E-state index contributed by atoms with van der Waals surface area (Å²) in [5.41, 5.74) is 2.56. The largest absolute Gasteiger partial charge is 0.354 e. The fourth-order valence-electron chi connectivity index (χ4n) is 4.98. The van der Waals surface area contributed by atoms with E-state index in [1.165, 1.54) is 0 Å². The third kappa shape index (κ3) is 3.79. The quantitative estimate of drug-likeness (QED) is 0.751. The molecule has 0 bridgehead atoms. The monoisotopic (exact) mass is 435 g/mol. The molecule has 2 aliphatic heterocycles. The van der Waals surface area contributed by atoms with Crippen molar-refractivity contribution < 1.29 is 22.8 Å². The SMILES string of the molecule is Cc1c(C(=O)N2CCN(C(=O)[C@@H]3CCS(=O)(=O)C3)CC2)[nH]c2c1C(=O)CC(C)(C)C2. The van der Waals surface area contributed by atoms with Crippen LogP contribution in [0.15, 0.2) is 0 Å². The van der Waals surface area contributed by atoms with E-state index < -0.39 is 15.8 Å². The standard InChI is InChI=1S/C21H29N3O5S/c1-13-17-15(10-21(2,3)11-16(17)25)22-18(13)20(27)24-7-5-23(6-8-24)19(26)14-4-9-30(28,29)12-14/h14,22H,4-12H2,1-3H3/t14-/m1/s1. The molecule has 1 N–H and O–H groups in total. The molecular formula is C21H29N3O5S. The van der Waals surface area contributed by atoms with Crippen molar-refractivity contribution in [1.82, 2.24) is 14.8 Å². The van der Waals surface area contributed by atoms with Gasteiger partial charge in [0.2, 0.25) is 5.91 Å². The van der Waals surface area contributed by atoms with E-state index in [0.717, 1.165) is 12.1 Å². The number of ketones is 1. The van der Waals surface area contributed by atoms with E-state index in [2.05, 4.69) is 18.8 Å². The Labute approximate surface area is 176 Å². The molecule has 0 aromatic carbocycles. The first-order valence-electron chi connectivity index (χ1n) is 10.5. The van der Waals surface area contributed by atoms with Gasteiger partial charge >= 0.3 is 0 Å². The number of carbonyl (C=O) groups is 3. The lowest BCUT2D eigenvalue weighted by molar-refractivity contribution is -0.136. The van der Waals surface area contributed by atoms with Gasteiger partial charge in [-0.2, -0.15) is 0 Å². The molecule has 1 aromatic heterocycles. The van der Waals surface area contributed by atoms with E-state index >= 15 is 0 Å². The summed E-state index contributed by atoms with van der Waals surface area (Å²) in [7, 11) is -3.10. The normalized spacial score (nSPS) is 25.3. The summed E-state index contributed by atoms with van der Waals surface area (Å²) in [5.74, 6) is -0.637. The Morgan fingerprint density at radius 1 is 1.07 bits per heavy atom. The zero-order chi connectivity index (χ0) is 21.8. The first-order valence-corrected chi connectivity index (χ1v) is 12.3. The zero-order valence-electron chi connectivity index (χ0n) is 17.8. The highest BCUT2D eigenvalue weighted by molar-refractivity contribution is 7.91. The Morgan fingerprint density at radius 3 is 2.30 bits per heavy atom. The van der Waals surface area contributed by atoms with E-state index in [1.807, 2.05) is 6.92 Å². The van der Waals surface area contributed by atoms with Crippen LogP contribution in [0.2, 0.25) is 0 Å². The van der Waals surface area contributed by atoms with Crippen molar-refractivity contribution >= 4 is 27.4 Å². The topological polar surface area (TPSA) is 108 Å². The molecule has 2 amide bonds. The molecule has 2 fully saturated rings. The summed E-state index contributed by atoms with van der Waals surface area (Å²) >= 11 is 0. The molecule has 3 heterocycles.